The van der Waals surface area contributed by atoms with Gasteiger partial charge in [-0.05, 0) is 17.7 Å². The fourth-order valence-electron chi connectivity index (χ4n) is 1.37. The number of nitrogens with zero attached hydrogens (tertiary/aromatic N) is 1. The van der Waals surface area contributed by atoms with Crippen LogP contribution in [-0.4, -0.2) is 9.97 Å². The summed E-state index contributed by atoms with van der Waals surface area (Å²) in [6.07, 6.45) is 3.59. The summed E-state index contributed by atoms with van der Waals surface area (Å²) in [6.45, 7) is 1.61. The van der Waals surface area contributed by atoms with Crippen LogP contribution < -0.4 is 5.32 Å². The number of benzene rings is 1. The Morgan fingerprint density at radius 2 is 2.27 bits per heavy atom. The van der Waals surface area contributed by atoms with E-state index in [2.05, 4.69) is 43.3 Å². The van der Waals surface area contributed by atoms with Crippen molar-refractivity contribution in [1.29, 1.82) is 0 Å². The molecule has 0 radical (unpaired) electrons. The molecular weight excluding hydrogens is 254 g/mol. The Morgan fingerprint density at radius 3 is 3.00 bits per heavy atom. The van der Waals surface area contributed by atoms with Crippen molar-refractivity contribution in [3.63, 3.8) is 0 Å². The van der Waals surface area contributed by atoms with Crippen LogP contribution in [0.25, 0.3) is 0 Å². The molecule has 0 aliphatic rings. The topological polar surface area (TPSA) is 40.7 Å². The summed E-state index contributed by atoms with van der Waals surface area (Å²) >= 11 is 3.45. The number of halogens is 1. The molecular formula is C11H12BrN3. The second-order valence-corrected chi connectivity index (χ2v) is 4.19. The Bertz CT molecular complexity index is 412. The molecule has 0 aliphatic heterocycles. The van der Waals surface area contributed by atoms with Gasteiger partial charge in [-0.15, -0.1) is 0 Å². The van der Waals surface area contributed by atoms with Crippen LogP contribution in [0.4, 0.5) is 0 Å². The molecule has 1 aromatic heterocycles. The number of imidazole rings is 1. The van der Waals surface area contributed by atoms with Gasteiger partial charge < -0.3 is 10.3 Å². The number of aromatic amines is 1. The fourth-order valence-corrected chi connectivity index (χ4v) is 1.81. The van der Waals surface area contributed by atoms with Crippen molar-refractivity contribution in [1.82, 2.24) is 15.3 Å². The SMILES string of the molecule is Brc1cccc(CNCc2ncc[nH]2)c1. The van der Waals surface area contributed by atoms with Crippen LogP contribution >= 0.6 is 15.9 Å². The highest BCUT2D eigenvalue weighted by Gasteiger charge is 1.95. The number of H-pyrrole nitrogens is 1. The Kier molecular flexibility index (Phi) is 3.53. The Balaban J connectivity index is 1.83. The minimum absolute atomic E-state index is 0.763. The minimum Gasteiger partial charge on any atom is -0.348 e. The third-order valence-corrected chi connectivity index (χ3v) is 2.56. The summed E-state index contributed by atoms with van der Waals surface area (Å²) < 4.78 is 1.11. The van der Waals surface area contributed by atoms with Gasteiger partial charge in [0.2, 0.25) is 0 Å². The lowest BCUT2D eigenvalue weighted by Gasteiger charge is -2.03. The third-order valence-electron chi connectivity index (χ3n) is 2.07. The standard InChI is InChI=1S/C11H12BrN3/c12-10-3-1-2-9(6-10)7-13-8-11-14-4-5-15-11/h1-6,13H,7-8H2,(H,14,15). The zero-order valence-electron chi connectivity index (χ0n) is 8.20. The van der Waals surface area contributed by atoms with E-state index in [0.717, 1.165) is 23.4 Å². The fraction of sp³-hybridized carbons (Fsp3) is 0.182. The molecule has 0 saturated carbocycles. The highest BCUT2D eigenvalue weighted by atomic mass is 79.9. The summed E-state index contributed by atoms with van der Waals surface area (Å²) in [5, 5.41) is 3.32. The molecule has 15 heavy (non-hydrogen) atoms. The molecule has 0 atom stereocenters. The first-order valence-electron chi connectivity index (χ1n) is 4.78. The van der Waals surface area contributed by atoms with E-state index in [4.69, 9.17) is 0 Å². The van der Waals surface area contributed by atoms with Gasteiger partial charge in [-0.3, -0.25) is 0 Å². The largest absolute Gasteiger partial charge is 0.348 e. The van der Waals surface area contributed by atoms with Crippen molar-refractivity contribution in [3.8, 4) is 0 Å². The second-order valence-electron chi connectivity index (χ2n) is 3.27. The van der Waals surface area contributed by atoms with Crippen LogP contribution in [0.5, 0.6) is 0 Å². The number of nitrogens with one attached hydrogen (secondary N) is 2. The Hall–Kier alpha value is -1.13. The molecule has 0 fully saturated rings. The number of rotatable bonds is 4. The van der Waals surface area contributed by atoms with Crippen molar-refractivity contribution in [2.75, 3.05) is 0 Å². The molecule has 1 heterocycles. The van der Waals surface area contributed by atoms with Gasteiger partial charge in [0, 0.05) is 23.4 Å². The van der Waals surface area contributed by atoms with Crippen LogP contribution in [0.3, 0.4) is 0 Å². The van der Waals surface area contributed by atoms with Crippen molar-refractivity contribution >= 4 is 15.9 Å². The Morgan fingerprint density at radius 1 is 1.33 bits per heavy atom. The van der Waals surface area contributed by atoms with Crippen molar-refractivity contribution in [3.05, 3.63) is 52.5 Å². The molecule has 4 heteroatoms. The molecule has 2 rings (SSSR count). The van der Waals surface area contributed by atoms with E-state index in [1.807, 2.05) is 18.3 Å². The van der Waals surface area contributed by atoms with Crippen LogP contribution in [-0.2, 0) is 13.1 Å². The second kappa shape index (κ2) is 5.09. The predicted molar refractivity (Wildman–Crippen MR) is 63.3 cm³/mol. The number of hydrogen-bond donors (Lipinski definition) is 2. The zero-order chi connectivity index (χ0) is 10.5. The minimum atomic E-state index is 0.763. The van der Waals surface area contributed by atoms with Gasteiger partial charge in [-0.1, -0.05) is 28.1 Å². The molecule has 2 aromatic rings. The summed E-state index contributed by atoms with van der Waals surface area (Å²) in [5.41, 5.74) is 1.26. The van der Waals surface area contributed by atoms with Gasteiger partial charge in [0.15, 0.2) is 0 Å². The maximum absolute atomic E-state index is 4.14. The van der Waals surface area contributed by atoms with E-state index in [1.165, 1.54) is 5.56 Å². The average molecular weight is 266 g/mol. The summed E-state index contributed by atoms with van der Waals surface area (Å²) in [4.78, 5) is 7.19. The van der Waals surface area contributed by atoms with Crippen molar-refractivity contribution in [2.24, 2.45) is 0 Å². The van der Waals surface area contributed by atoms with E-state index in [-0.39, 0.29) is 0 Å². The number of hydrogen-bond acceptors (Lipinski definition) is 2. The van der Waals surface area contributed by atoms with Gasteiger partial charge in [-0.25, -0.2) is 4.98 Å². The van der Waals surface area contributed by atoms with Crippen LogP contribution in [0, 0.1) is 0 Å². The lowest BCUT2D eigenvalue weighted by molar-refractivity contribution is 0.668. The molecule has 0 bridgehead atoms. The molecule has 1 aromatic carbocycles. The molecule has 0 unspecified atom stereocenters. The molecule has 0 spiro atoms. The maximum Gasteiger partial charge on any atom is 0.120 e. The molecule has 2 N–H and O–H groups in total. The molecule has 0 saturated heterocycles. The van der Waals surface area contributed by atoms with Crippen LogP contribution in [0.1, 0.15) is 11.4 Å². The van der Waals surface area contributed by atoms with Gasteiger partial charge in [0.1, 0.15) is 5.82 Å². The molecule has 0 amide bonds. The first kappa shape index (κ1) is 10.4. The van der Waals surface area contributed by atoms with E-state index in [1.54, 1.807) is 6.20 Å². The van der Waals surface area contributed by atoms with E-state index in [0.29, 0.717) is 0 Å². The highest BCUT2D eigenvalue weighted by molar-refractivity contribution is 9.10. The van der Waals surface area contributed by atoms with Crippen molar-refractivity contribution < 1.29 is 0 Å². The maximum atomic E-state index is 4.14. The van der Waals surface area contributed by atoms with Gasteiger partial charge in [0.25, 0.3) is 0 Å². The van der Waals surface area contributed by atoms with Gasteiger partial charge >= 0.3 is 0 Å². The van der Waals surface area contributed by atoms with E-state index < -0.39 is 0 Å². The molecule has 78 valence electrons. The average Bonchev–Trinajstić information content (AvgIpc) is 2.71. The first-order chi connectivity index (χ1) is 7.34. The monoisotopic (exact) mass is 265 g/mol. The summed E-state index contributed by atoms with van der Waals surface area (Å²) in [7, 11) is 0. The predicted octanol–water partition coefficient (Wildman–Crippen LogP) is 2.46. The zero-order valence-corrected chi connectivity index (χ0v) is 9.79. The normalized spacial score (nSPS) is 10.5. The van der Waals surface area contributed by atoms with Gasteiger partial charge in [-0.2, -0.15) is 0 Å². The number of aromatic nitrogens is 2. The van der Waals surface area contributed by atoms with Crippen LogP contribution in [0.2, 0.25) is 0 Å². The highest BCUT2D eigenvalue weighted by Crippen LogP contribution is 2.11. The first-order valence-corrected chi connectivity index (χ1v) is 5.57. The summed E-state index contributed by atoms with van der Waals surface area (Å²) in [5.74, 6) is 0.963. The third kappa shape index (κ3) is 3.18. The van der Waals surface area contributed by atoms with E-state index in [9.17, 15) is 0 Å². The van der Waals surface area contributed by atoms with Gasteiger partial charge in [0.05, 0.1) is 6.54 Å². The lowest BCUT2D eigenvalue weighted by atomic mass is 10.2. The quantitative estimate of drug-likeness (QED) is 0.892. The Labute approximate surface area is 97.1 Å². The molecule has 3 nitrogen and oxygen atoms in total. The van der Waals surface area contributed by atoms with Crippen LogP contribution in [0.15, 0.2) is 41.1 Å². The van der Waals surface area contributed by atoms with E-state index >= 15 is 0 Å². The lowest BCUT2D eigenvalue weighted by Crippen LogP contribution is -2.13. The van der Waals surface area contributed by atoms with Crippen molar-refractivity contribution in [2.45, 2.75) is 13.1 Å². The molecule has 0 aliphatic carbocycles. The smallest absolute Gasteiger partial charge is 0.120 e. The summed E-state index contributed by atoms with van der Waals surface area (Å²) in [6, 6.07) is 8.26.